The van der Waals surface area contributed by atoms with Gasteiger partial charge in [0.15, 0.2) is 0 Å². The average molecular weight is 525 g/mol. The van der Waals surface area contributed by atoms with Crippen LogP contribution in [0.5, 0.6) is 11.5 Å². The zero-order valence-electron chi connectivity index (χ0n) is 20.1. The van der Waals surface area contributed by atoms with Crippen molar-refractivity contribution in [3.8, 4) is 17.2 Å². The summed E-state index contributed by atoms with van der Waals surface area (Å²) in [6, 6.07) is 19.4. The van der Waals surface area contributed by atoms with Gasteiger partial charge in [-0.25, -0.2) is 9.48 Å². The van der Waals surface area contributed by atoms with Gasteiger partial charge >= 0.3 is 5.97 Å². The molecule has 4 aromatic rings. The molecule has 0 amide bonds. The van der Waals surface area contributed by atoms with Gasteiger partial charge in [0.05, 0.1) is 27.5 Å². The summed E-state index contributed by atoms with van der Waals surface area (Å²) < 4.78 is 13.8. The van der Waals surface area contributed by atoms with Gasteiger partial charge in [-0.15, -0.1) is 0 Å². The van der Waals surface area contributed by atoms with E-state index in [2.05, 4.69) is 18.9 Å². The molecule has 0 aliphatic heterocycles. The summed E-state index contributed by atoms with van der Waals surface area (Å²) in [5.41, 5.74) is 3.74. The second-order valence-corrected chi connectivity index (χ2v) is 9.45. The Balaban J connectivity index is 1.48. The molecule has 0 saturated carbocycles. The summed E-state index contributed by atoms with van der Waals surface area (Å²) in [5, 5.41) is 14.6. The molecule has 6 nitrogen and oxygen atoms in total. The molecule has 0 aliphatic rings. The van der Waals surface area contributed by atoms with Crippen molar-refractivity contribution in [2.75, 3.05) is 0 Å². The summed E-state index contributed by atoms with van der Waals surface area (Å²) in [4.78, 5) is 11.0. The summed E-state index contributed by atoms with van der Waals surface area (Å²) in [7, 11) is 0. The molecule has 0 bridgehead atoms. The van der Waals surface area contributed by atoms with Crippen LogP contribution in [0.25, 0.3) is 5.69 Å². The number of rotatable bonds is 9. The zero-order chi connectivity index (χ0) is 25.8. The lowest BCUT2D eigenvalue weighted by Crippen LogP contribution is -2.09. The minimum absolute atomic E-state index is 0.218. The van der Waals surface area contributed by atoms with Gasteiger partial charge in [-0.05, 0) is 72.5 Å². The third kappa shape index (κ3) is 5.66. The quantitative estimate of drug-likeness (QED) is 0.242. The van der Waals surface area contributed by atoms with E-state index in [0.29, 0.717) is 27.2 Å². The molecule has 1 N–H and O–H groups in total. The fourth-order valence-corrected chi connectivity index (χ4v) is 4.39. The van der Waals surface area contributed by atoms with E-state index < -0.39 is 5.97 Å². The molecule has 0 saturated heterocycles. The summed E-state index contributed by atoms with van der Waals surface area (Å²) in [5.74, 6) is 0.567. The SMILES string of the molecule is CC(C)c1cnn(-c2c(Cl)cccc2Cl)c1COc1ccc(C(C)Oc2ccc(C(=O)O)cc2)cc1. The van der Waals surface area contributed by atoms with Crippen LogP contribution in [0.4, 0.5) is 0 Å². The molecule has 1 unspecified atom stereocenters. The van der Waals surface area contributed by atoms with Crippen LogP contribution in [0, 0.1) is 0 Å². The Bertz CT molecular complexity index is 1330. The first kappa shape index (κ1) is 25.6. The fourth-order valence-electron chi connectivity index (χ4n) is 3.83. The molecular weight excluding hydrogens is 499 g/mol. The number of carboxylic acid groups (broad SMARTS) is 1. The summed E-state index contributed by atoms with van der Waals surface area (Å²) in [6.45, 7) is 6.42. The zero-order valence-corrected chi connectivity index (χ0v) is 21.6. The van der Waals surface area contributed by atoms with Gasteiger partial charge in [0.1, 0.15) is 29.9 Å². The van der Waals surface area contributed by atoms with E-state index in [0.717, 1.165) is 16.8 Å². The lowest BCUT2D eigenvalue weighted by atomic mass is 10.0. The van der Waals surface area contributed by atoms with E-state index in [4.69, 9.17) is 37.8 Å². The lowest BCUT2D eigenvalue weighted by molar-refractivity contribution is 0.0697. The third-order valence-corrected chi connectivity index (χ3v) is 6.42. The van der Waals surface area contributed by atoms with Gasteiger partial charge in [-0.1, -0.05) is 55.2 Å². The van der Waals surface area contributed by atoms with Crippen LogP contribution in [-0.2, 0) is 6.61 Å². The van der Waals surface area contributed by atoms with Crippen LogP contribution in [0.1, 0.15) is 60.0 Å². The number of carboxylic acids is 1. The molecule has 0 fully saturated rings. The minimum atomic E-state index is -0.969. The standard InChI is InChI=1S/C28H26Cl2N2O4/c1-17(2)23-15-31-32(27-24(29)5-4-6-25(27)30)26(23)16-35-21-11-7-19(8-12-21)18(3)36-22-13-9-20(10-14-22)28(33)34/h4-15,17-18H,16H2,1-3H3,(H,33,34). The number of hydrogen-bond donors (Lipinski definition) is 1. The number of ether oxygens (including phenoxy) is 2. The van der Waals surface area contributed by atoms with Gasteiger partial charge < -0.3 is 14.6 Å². The first-order valence-electron chi connectivity index (χ1n) is 11.5. The Morgan fingerprint density at radius 2 is 1.56 bits per heavy atom. The first-order valence-corrected chi connectivity index (χ1v) is 12.2. The largest absolute Gasteiger partial charge is 0.487 e. The molecule has 1 aromatic heterocycles. The van der Waals surface area contributed by atoms with Crippen molar-refractivity contribution < 1.29 is 19.4 Å². The van der Waals surface area contributed by atoms with Crippen LogP contribution in [0.3, 0.4) is 0 Å². The first-order chi connectivity index (χ1) is 17.2. The predicted octanol–water partition coefficient (Wildman–Crippen LogP) is 7.72. The number of benzene rings is 3. The van der Waals surface area contributed by atoms with Crippen LogP contribution in [-0.4, -0.2) is 20.9 Å². The van der Waals surface area contributed by atoms with Crippen LogP contribution >= 0.6 is 23.2 Å². The number of nitrogens with zero attached hydrogens (tertiary/aromatic N) is 2. The van der Waals surface area contributed by atoms with Gasteiger partial charge in [-0.3, -0.25) is 0 Å². The molecule has 0 spiro atoms. The molecule has 186 valence electrons. The fraction of sp³-hybridized carbons (Fsp3) is 0.214. The normalized spacial score (nSPS) is 11.9. The van der Waals surface area contributed by atoms with Crippen molar-refractivity contribution >= 4 is 29.2 Å². The predicted molar refractivity (Wildman–Crippen MR) is 141 cm³/mol. The number of hydrogen-bond acceptors (Lipinski definition) is 4. The Hall–Kier alpha value is -3.48. The van der Waals surface area contributed by atoms with Crippen molar-refractivity contribution in [2.24, 2.45) is 0 Å². The second kappa shape index (κ2) is 11.1. The third-order valence-electron chi connectivity index (χ3n) is 5.81. The number of halogens is 2. The van der Waals surface area contributed by atoms with E-state index >= 15 is 0 Å². The molecule has 3 aromatic carbocycles. The second-order valence-electron chi connectivity index (χ2n) is 8.63. The van der Waals surface area contributed by atoms with Crippen molar-refractivity contribution in [3.05, 3.63) is 105 Å². The van der Waals surface area contributed by atoms with Crippen LogP contribution in [0.2, 0.25) is 10.0 Å². The molecule has 0 aliphatic carbocycles. The molecule has 36 heavy (non-hydrogen) atoms. The van der Waals surface area contributed by atoms with Crippen molar-refractivity contribution in [2.45, 2.75) is 39.4 Å². The highest BCUT2D eigenvalue weighted by Crippen LogP contribution is 2.32. The molecular formula is C28H26Cl2N2O4. The van der Waals surface area contributed by atoms with E-state index in [1.165, 1.54) is 12.1 Å². The highest BCUT2D eigenvalue weighted by atomic mass is 35.5. The van der Waals surface area contributed by atoms with Gasteiger partial charge in [0.25, 0.3) is 0 Å². The Morgan fingerprint density at radius 1 is 0.944 bits per heavy atom. The van der Waals surface area contributed by atoms with E-state index in [1.54, 1.807) is 35.0 Å². The molecule has 8 heteroatoms. The van der Waals surface area contributed by atoms with Gasteiger partial charge in [0, 0.05) is 0 Å². The van der Waals surface area contributed by atoms with E-state index in [9.17, 15) is 4.79 Å². The summed E-state index contributed by atoms with van der Waals surface area (Å²) >= 11 is 12.9. The Labute approximate surface area is 220 Å². The van der Waals surface area contributed by atoms with Crippen molar-refractivity contribution in [3.63, 3.8) is 0 Å². The summed E-state index contributed by atoms with van der Waals surface area (Å²) in [6.07, 6.45) is 1.60. The van der Waals surface area contributed by atoms with Gasteiger partial charge in [0.2, 0.25) is 0 Å². The topological polar surface area (TPSA) is 73.6 Å². The average Bonchev–Trinajstić information content (AvgIpc) is 3.27. The van der Waals surface area contributed by atoms with Gasteiger partial charge in [-0.2, -0.15) is 5.10 Å². The number of para-hydroxylation sites is 1. The molecule has 1 heterocycles. The maximum atomic E-state index is 11.0. The minimum Gasteiger partial charge on any atom is -0.487 e. The Kier molecular flexibility index (Phi) is 7.87. The maximum Gasteiger partial charge on any atom is 0.335 e. The molecule has 4 rings (SSSR count). The van der Waals surface area contributed by atoms with Crippen molar-refractivity contribution in [1.82, 2.24) is 9.78 Å². The van der Waals surface area contributed by atoms with E-state index in [1.807, 2.05) is 37.4 Å². The Morgan fingerprint density at radius 3 is 2.14 bits per heavy atom. The number of aromatic carboxylic acids is 1. The van der Waals surface area contributed by atoms with Crippen molar-refractivity contribution in [1.29, 1.82) is 0 Å². The molecule has 1 atom stereocenters. The smallest absolute Gasteiger partial charge is 0.335 e. The monoisotopic (exact) mass is 524 g/mol. The number of aromatic nitrogens is 2. The molecule has 0 radical (unpaired) electrons. The maximum absolute atomic E-state index is 11.0. The highest BCUT2D eigenvalue weighted by molar-refractivity contribution is 6.37. The van der Waals surface area contributed by atoms with Crippen LogP contribution < -0.4 is 9.47 Å². The van der Waals surface area contributed by atoms with Crippen LogP contribution in [0.15, 0.2) is 72.9 Å². The highest BCUT2D eigenvalue weighted by Gasteiger charge is 2.19. The van der Waals surface area contributed by atoms with E-state index in [-0.39, 0.29) is 24.2 Å². The number of carbonyl (C=O) groups is 1. The lowest BCUT2D eigenvalue weighted by Gasteiger charge is -2.17.